The predicted octanol–water partition coefficient (Wildman–Crippen LogP) is 5.14. The Morgan fingerprint density at radius 3 is 1.79 bits per heavy atom. The van der Waals surface area contributed by atoms with E-state index in [-0.39, 0.29) is 11.8 Å². The Morgan fingerprint density at radius 1 is 0.758 bits per heavy atom. The molecule has 170 valence electrons. The van der Waals surface area contributed by atoms with Gasteiger partial charge in [0.05, 0.1) is 0 Å². The Kier molecular flexibility index (Phi) is 6.78. The summed E-state index contributed by atoms with van der Waals surface area (Å²) in [5.41, 5.74) is 4.45. The minimum absolute atomic E-state index is 0.0591. The van der Waals surface area contributed by atoms with Crippen molar-refractivity contribution in [1.29, 1.82) is 0 Å². The molecule has 1 saturated heterocycles. The molecule has 5 nitrogen and oxygen atoms in total. The zero-order chi connectivity index (χ0) is 23.4. The second-order valence-electron chi connectivity index (χ2n) is 8.37. The lowest BCUT2D eigenvalue weighted by molar-refractivity contribution is 0.0545. The monoisotopic (exact) mass is 441 g/mol. The minimum atomic E-state index is -0.447. The number of nitrogens with zero attached hydrogens (tertiary/aromatic N) is 3. The van der Waals surface area contributed by atoms with E-state index in [0.717, 1.165) is 29.9 Å². The number of carbonyl (C=O) groups is 2. The predicted molar refractivity (Wildman–Crippen MR) is 132 cm³/mol. The summed E-state index contributed by atoms with van der Waals surface area (Å²) < 4.78 is 0. The van der Waals surface area contributed by atoms with Crippen LogP contribution in [-0.4, -0.2) is 47.8 Å². The number of hydrogen-bond donors (Lipinski definition) is 0. The molecule has 1 heterocycles. The SMILES string of the molecule is CCN(CC)c1ccc(C2N(C(=O)c3ccccc3)CCN2C(=O)c2ccc(C)cc2)cc1. The van der Waals surface area contributed by atoms with E-state index in [1.807, 2.05) is 83.5 Å². The topological polar surface area (TPSA) is 43.9 Å². The second kappa shape index (κ2) is 9.90. The Labute approximate surface area is 196 Å². The molecule has 0 spiro atoms. The third-order valence-corrected chi connectivity index (χ3v) is 6.33. The molecule has 2 amide bonds. The third kappa shape index (κ3) is 4.63. The van der Waals surface area contributed by atoms with Crippen LogP contribution in [0.1, 0.15) is 51.9 Å². The summed E-state index contributed by atoms with van der Waals surface area (Å²) in [5.74, 6) is -0.121. The molecule has 0 saturated carbocycles. The molecule has 0 bridgehead atoms. The van der Waals surface area contributed by atoms with E-state index in [4.69, 9.17) is 0 Å². The van der Waals surface area contributed by atoms with Gasteiger partial charge >= 0.3 is 0 Å². The van der Waals surface area contributed by atoms with Crippen LogP contribution in [0.4, 0.5) is 5.69 Å². The fourth-order valence-corrected chi connectivity index (χ4v) is 4.47. The lowest BCUT2D eigenvalue weighted by Crippen LogP contribution is -2.38. The maximum atomic E-state index is 13.5. The van der Waals surface area contributed by atoms with Gasteiger partial charge in [0.2, 0.25) is 0 Å². The van der Waals surface area contributed by atoms with Crippen molar-refractivity contribution < 1.29 is 9.59 Å². The Bertz CT molecular complexity index is 1090. The number of carbonyl (C=O) groups excluding carboxylic acids is 2. The molecule has 1 unspecified atom stereocenters. The molecule has 5 heteroatoms. The summed E-state index contributed by atoms with van der Waals surface area (Å²) in [7, 11) is 0. The minimum Gasteiger partial charge on any atom is -0.372 e. The fraction of sp³-hybridized carbons (Fsp3) is 0.286. The Morgan fingerprint density at radius 2 is 1.27 bits per heavy atom. The van der Waals surface area contributed by atoms with Crippen molar-refractivity contribution in [2.24, 2.45) is 0 Å². The van der Waals surface area contributed by atoms with Crippen molar-refractivity contribution in [2.75, 3.05) is 31.1 Å². The van der Waals surface area contributed by atoms with E-state index in [0.29, 0.717) is 24.2 Å². The van der Waals surface area contributed by atoms with E-state index in [1.165, 1.54) is 0 Å². The molecule has 33 heavy (non-hydrogen) atoms. The molecule has 0 radical (unpaired) electrons. The normalized spacial score (nSPS) is 15.5. The van der Waals surface area contributed by atoms with Crippen LogP contribution in [0, 0.1) is 6.92 Å². The highest BCUT2D eigenvalue weighted by Crippen LogP contribution is 2.34. The number of aryl methyl sites for hydroxylation is 1. The van der Waals surface area contributed by atoms with Crippen molar-refractivity contribution in [3.8, 4) is 0 Å². The molecule has 1 aliphatic heterocycles. The van der Waals surface area contributed by atoms with Gasteiger partial charge in [0.25, 0.3) is 11.8 Å². The highest BCUT2D eigenvalue weighted by atomic mass is 16.2. The molecule has 0 aliphatic carbocycles. The Balaban J connectivity index is 1.70. The van der Waals surface area contributed by atoms with E-state index < -0.39 is 6.17 Å². The molecule has 0 aromatic heterocycles. The van der Waals surface area contributed by atoms with Crippen molar-refractivity contribution >= 4 is 17.5 Å². The summed E-state index contributed by atoms with van der Waals surface area (Å²) in [6.45, 7) is 9.12. The maximum Gasteiger partial charge on any atom is 0.255 e. The second-order valence-corrected chi connectivity index (χ2v) is 8.37. The first-order valence-electron chi connectivity index (χ1n) is 11.6. The van der Waals surface area contributed by atoms with Gasteiger partial charge in [-0.15, -0.1) is 0 Å². The average Bonchev–Trinajstić information content (AvgIpc) is 3.30. The maximum absolute atomic E-state index is 13.5. The van der Waals surface area contributed by atoms with Crippen LogP contribution in [-0.2, 0) is 0 Å². The van der Waals surface area contributed by atoms with Gasteiger partial charge in [-0.05, 0) is 62.7 Å². The first-order chi connectivity index (χ1) is 16.0. The van der Waals surface area contributed by atoms with Crippen LogP contribution in [0.3, 0.4) is 0 Å². The zero-order valence-electron chi connectivity index (χ0n) is 19.6. The average molecular weight is 442 g/mol. The fourth-order valence-electron chi connectivity index (χ4n) is 4.47. The highest BCUT2D eigenvalue weighted by molar-refractivity contribution is 5.97. The van der Waals surface area contributed by atoms with Crippen molar-refractivity contribution in [3.05, 3.63) is 101 Å². The van der Waals surface area contributed by atoms with Gasteiger partial charge in [-0.1, -0.05) is 48.0 Å². The summed E-state index contributed by atoms with van der Waals surface area (Å²) in [5, 5.41) is 0. The third-order valence-electron chi connectivity index (χ3n) is 6.33. The molecule has 1 atom stereocenters. The van der Waals surface area contributed by atoms with Crippen LogP contribution in [0.25, 0.3) is 0 Å². The molecule has 1 fully saturated rings. The number of hydrogen-bond acceptors (Lipinski definition) is 3. The number of rotatable bonds is 6. The zero-order valence-corrected chi connectivity index (χ0v) is 19.6. The summed E-state index contributed by atoms with van der Waals surface area (Å²) in [6.07, 6.45) is -0.447. The van der Waals surface area contributed by atoms with Crippen molar-refractivity contribution in [3.63, 3.8) is 0 Å². The number of amides is 2. The first-order valence-corrected chi connectivity index (χ1v) is 11.6. The molecule has 0 N–H and O–H groups in total. The summed E-state index contributed by atoms with van der Waals surface area (Å²) in [4.78, 5) is 32.8. The van der Waals surface area contributed by atoms with Crippen molar-refractivity contribution in [2.45, 2.75) is 26.9 Å². The van der Waals surface area contributed by atoms with Gasteiger partial charge < -0.3 is 14.7 Å². The lowest BCUT2D eigenvalue weighted by atomic mass is 10.1. The smallest absolute Gasteiger partial charge is 0.255 e. The van der Waals surface area contributed by atoms with E-state index in [1.54, 1.807) is 0 Å². The van der Waals surface area contributed by atoms with Gasteiger partial charge in [-0.3, -0.25) is 9.59 Å². The molecular weight excluding hydrogens is 410 g/mol. The van der Waals surface area contributed by atoms with Gasteiger partial charge in [-0.25, -0.2) is 0 Å². The van der Waals surface area contributed by atoms with Crippen LogP contribution in [0.15, 0.2) is 78.9 Å². The van der Waals surface area contributed by atoms with Crippen LogP contribution in [0.5, 0.6) is 0 Å². The van der Waals surface area contributed by atoms with Gasteiger partial charge in [0, 0.05) is 43.0 Å². The van der Waals surface area contributed by atoms with E-state index >= 15 is 0 Å². The largest absolute Gasteiger partial charge is 0.372 e. The molecule has 3 aromatic carbocycles. The molecule has 4 rings (SSSR count). The van der Waals surface area contributed by atoms with Crippen LogP contribution in [0.2, 0.25) is 0 Å². The summed E-state index contributed by atoms with van der Waals surface area (Å²) >= 11 is 0. The summed E-state index contributed by atoms with van der Waals surface area (Å²) in [6, 6.07) is 25.2. The quantitative estimate of drug-likeness (QED) is 0.532. The van der Waals surface area contributed by atoms with Gasteiger partial charge in [-0.2, -0.15) is 0 Å². The number of anilines is 1. The Hall–Kier alpha value is -3.60. The van der Waals surface area contributed by atoms with Crippen LogP contribution < -0.4 is 4.90 Å². The van der Waals surface area contributed by atoms with E-state index in [9.17, 15) is 9.59 Å². The van der Waals surface area contributed by atoms with Gasteiger partial charge in [0.1, 0.15) is 6.17 Å². The van der Waals surface area contributed by atoms with Crippen LogP contribution >= 0.6 is 0 Å². The molecular formula is C28H31N3O2. The number of benzene rings is 3. The first kappa shape index (κ1) is 22.6. The van der Waals surface area contributed by atoms with Gasteiger partial charge in [0.15, 0.2) is 0 Å². The standard InChI is InChI=1S/C28H31N3O2/c1-4-29(5-2)25-17-15-22(16-18-25)26-30(27(32)23-9-7-6-8-10-23)19-20-31(26)28(33)24-13-11-21(3)12-14-24/h6-18,26H,4-5,19-20H2,1-3H3. The lowest BCUT2D eigenvalue weighted by Gasteiger charge is -2.31. The molecule has 3 aromatic rings. The van der Waals surface area contributed by atoms with Crippen molar-refractivity contribution in [1.82, 2.24) is 9.80 Å². The highest BCUT2D eigenvalue weighted by Gasteiger charge is 2.39. The molecule has 1 aliphatic rings. The van der Waals surface area contributed by atoms with E-state index in [2.05, 4.69) is 30.9 Å².